The summed E-state index contributed by atoms with van der Waals surface area (Å²) in [6.07, 6.45) is 0.974. The molecule has 0 aliphatic heterocycles. The van der Waals surface area contributed by atoms with E-state index in [0.29, 0.717) is 5.69 Å². The van der Waals surface area contributed by atoms with Crippen LogP contribution in [0, 0.1) is 5.82 Å². The first-order chi connectivity index (χ1) is 8.24. The van der Waals surface area contributed by atoms with E-state index in [0.717, 1.165) is 17.1 Å². The number of nitrogen functional groups attached to an aromatic ring is 1. The highest BCUT2D eigenvalue weighted by Crippen LogP contribution is 2.22. The second kappa shape index (κ2) is 5.73. The van der Waals surface area contributed by atoms with Crippen molar-refractivity contribution in [1.29, 1.82) is 0 Å². The fourth-order valence-corrected chi connectivity index (χ4v) is 2.59. The van der Waals surface area contributed by atoms with Crippen molar-refractivity contribution >= 4 is 17.4 Å². The maximum absolute atomic E-state index is 13.1. The van der Waals surface area contributed by atoms with E-state index >= 15 is 0 Å². The fraction of sp³-hybridized carbons (Fsp3) is 0.143. The Kier molecular flexibility index (Phi) is 4.04. The minimum Gasteiger partial charge on any atom is -0.399 e. The SMILES string of the molecule is Nc1cc(F)cc(SCCc2ccccc2)c1. The Hall–Kier alpha value is -1.48. The van der Waals surface area contributed by atoms with Gasteiger partial charge in [-0.05, 0) is 30.2 Å². The van der Waals surface area contributed by atoms with Crippen molar-refractivity contribution in [1.82, 2.24) is 0 Å². The van der Waals surface area contributed by atoms with Crippen molar-refractivity contribution in [3.05, 3.63) is 59.9 Å². The minimum absolute atomic E-state index is 0.271. The van der Waals surface area contributed by atoms with Gasteiger partial charge in [0.2, 0.25) is 0 Å². The Bertz CT molecular complexity index is 465. The van der Waals surface area contributed by atoms with Gasteiger partial charge in [0.1, 0.15) is 5.82 Å². The minimum atomic E-state index is -0.271. The molecule has 88 valence electrons. The van der Waals surface area contributed by atoms with Crippen molar-refractivity contribution in [3.8, 4) is 0 Å². The molecule has 17 heavy (non-hydrogen) atoms. The summed E-state index contributed by atoms with van der Waals surface area (Å²) in [6, 6.07) is 14.9. The number of aryl methyl sites for hydroxylation is 1. The first-order valence-corrected chi connectivity index (χ1v) is 6.45. The average Bonchev–Trinajstić information content (AvgIpc) is 2.29. The van der Waals surface area contributed by atoms with E-state index in [1.807, 2.05) is 18.2 Å². The Balaban J connectivity index is 1.90. The average molecular weight is 247 g/mol. The van der Waals surface area contributed by atoms with E-state index in [-0.39, 0.29) is 5.82 Å². The molecule has 0 saturated heterocycles. The molecule has 0 heterocycles. The lowest BCUT2D eigenvalue weighted by Crippen LogP contribution is -1.90. The van der Waals surface area contributed by atoms with Crippen LogP contribution >= 0.6 is 11.8 Å². The van der Waals surface area contributed by atoms with E-state index in [4.69, 9.17) is 5.73 Å². The summed E-state index contributed by atoms with van der Waals surface area (Å²) in [5.41, 5.74) is 7.36. The van der Waals surface area contributed by atoms with E-state index < -0.39 is 0 Å². The second-order valence-electron chi connectivity index (χ2n) is 3.80. The second-order valence-corrected chi connectivity index (χ2v) is 4.97. The van der Waals surface area contributed by atoms with Crippen LogP contribution in [0.15, 0.2) is 53.4 Å². The Labute approximate surface area is 105 Å². The summed E-state index contributed by atoms with van der Waals surface area (Å²) in [7, 11) is 0. The fourth-order valence-electron chi connectivity index (χ4n) is 1.60. The van der Waals surface area contributed by atoms with E-state index in [1.165, 1.54) is 17.7 Å². The zero-order valence-electron chi connectivity index (χ0n) is 9.40. The van der Waals surface area contributed by atoms with Crippen LogP contribution in [0.1, 0.15) is 5.56 Å². The van der Waals surface area contributed by atoms with Crippen LogP contribution in [0.3, 0.4) is 0 Å². The lowest BCUT2D eigenvalue weighted by molar-refractivity contribution is 0.625. The molecule has 0 unspecified atom stereocenters. The van der Waals surface area contributed by atoms with Crippen LogP contribution < -0.4 is 5.73 Å². The number of hydrogen-bond donors (Lipinski definition) is 1. The lowest BCUT2D eigenvalue weighted by atomic mass is 10.2. The summed E-state index contributed by atoms with van der Waals surface area (Å²) >= 11 is 1.62. The number of benzene rings is 2. The molecule has 0 saturated carbocycles. The number of rotatable bonds is 4. The monoisotopic (exact) mass is 247 g/mol. The molecule has 0 fully saturated rings. The van der Waals surface area contributed by atoms with Crippen molar-refractivity contribution in [2.75, 3.05) is 11.5 Å². The molecule has 0 bridgehead atoms. The van der Waals surface area contributed by atoms with Gasteiger partial charge in [0.15, 0.2) is 0 Å². The quantitative estimate of drug-likeness (QED) is 0.658. The normalized spacial score (nSPS) is 10.4. The van der Waals surface area contributed by atoms with E-state index in [2.05, 4.69) is 12.1 Å². The predicted octanol–water partition coefficient (Wildman–Crippen LogP) is 3.74. The highest BCUT2D eigenvalue weighted by atomic mass is 32.2. The summed E-state index contributed by atoms with van der Waals surface area (Å²) in [4.78, 5) is 0.887. The van der Waals surface area contributed by atoms with Crippen LogP contribution in [-0.4, -0.2) is 5.75 Å². The van der Waals surface area contributed by atoms with Gasteiger partial charge in [-0.15, -0.1) is 11.8 Å². The van der Waals surface area contributed by atoms with E-state index in [9.17, 15) is 4.39 Å². The molecule has 0 aliphatic carbocycles. The molecule has 2 aromatic carbocycles. The molecular formula is C14H14FNS. The summed E-state index contributed by atoms with van der Waals surface area (Å²) in [5.74, 6) is 0.652. The Morgan fingerprint density at radius 2 is 1.82 bits per heavy atom. The molecule has 2 N–H and O–H groups in total. The highest BCUT2D eigenvalue weighted by Gasteiger charge is 1.99. The van der Waals surface area contributed by atoms with E-state index in [1.54, 1.807) is 17.8 Å². The summed E-state index contributed by atoms with van der Waals surface area (Å²) < 4.78 is 13.1. The molecule has 2 aromatic rings. The molecule has 0 spiro atoms. The molecule has 1 nitrogen and oxygen atoms in total. The van der Waals surface area contributed by atoms with Crippen LogP contribution in [0.4, 0.5) is 10.1 Å². The zero-order chi connectivity index (χ0) is 12.1. The van der Waals surface area contributed by atoms with Gasteiger partial charge in [-0.3, -0.25) is 0 Å². The summed E-state index contributed by atoms with van der Waals surface area (Å²) in [5, 5.41) is 0. The molecule has 3 heteroatoms. The first-order valence-electron chi connectivity index (χ1n) is 5.47. The molecule has 0 amide bonds. The van der Waals surface area contributed by atoms with Gasteiger partial charge in [0.25, 0.3) is 0 Å². The van der Waals surface area contributed by atoms with Crippen LogP contribution in [0.2, 0.25) is 0 Å². The van der Waals surface area contributed by atoms with Gasteiger partial charge in [0.05, 0.1) is 0 Å². The number of anilines is 1. The van der Waals surface area contributed by atoms with Crippen molar-refractivity contribution in [3.63, 3.8) is 0 Å². The van der Waals surface area contributed by atoms with Crippen LogP contribution in [0.25, 0.3) is 0 Å². The number of thioether (sulfide) groups is 1. The third-order valence-corrected chi connectivity index (χ3v) is 3.37. The molecule has 0 aromatic heterocycles. The molecule has 0 aliphatic rings. The standard InChI is InChI=1S/C14H14FNS/c15-12-8-13(16)10-14(9-12)17-7-6-11-4-2-1-3-5-11/h1-5,8-10H,6-7,16H2. The Morgan fingerprint density at radius 3 is 2.53 bits per heavy atom. The van der Waals surface area contributed by atoms with Crippen LogP contribution in [0.5, 0.6) is 0 Å². The number of hydrogen-bond acceptors (Lipinski definition) is 2. The van der Waals surface area contributed by atoms with Gasteiger partial charge in [-0.2, -0.15) is 0 Å². The molecule has 0 atom stereocenters. The van der Waals surface area contributed by atoms with Gasteiger partial charge in [-0.25, -0.2) is 4.39 Å². The topological polar surface area (TPSA) is 26.0 Å². The number of nitrogens with two attached hydrogens (primary N) is 1. The van der Waals surface area contributed by atoms with Crippen molar-refractivity contribution in [2.45, 2.75) is 11.3 Å². The first kappa shape index (κ1) is 12.0. The summed E-state index contributed by atoms with van der Waals surface area (Å²) in [6.45, 7) is 0. The molecule has 0 radical (unpaired) electrons. The maximum Gasteiger partial charge on any atom is 0.126 e. The third kappa shape index (κ3) is 3.79. The lowest BCUT2D eigenvalue weighted by Gasteiger charge is -2.03. The third-order valence-electron chi connectivity index (χ3n) is 2.40. The van der Waals surface area contributed by atoms with Crippen LogP contribution in [-0.2, 0) is 6.42 Å². The largest absolute Gasteiger partial charge is 0.399 e. The Morgan fingerprint density at radius 1 is 1.06 bits per heavy atom. The maximum atomic E-state index is 13.1. The molecular weight excluding hydrogens is 233 g/mol. The van der Waals surface area contributed by atoms with Gasteiger partial charge < -0.3 is 5.73 Å². The molecule has 2 rings (SSSR count). The van der Waals surface area contributed by atoms with Gasteiger partial charge >= 0.3 is 0 Å². The van der Waals surface area contributed by atoms with Crippen molar-refractivity contribution < 1.29 is 4.39 Å². The smallest absolute Gasteiger partial charge is 0.126 e. The number of halogens is 1. The van der Waals surface area contributed by atoms with Gasteiger partial charge in [-0.1, -0.05) is 30.3 Å². The zero-order valence-corrected chi connectivity index (χ0v) is 10.2. The highest BCUT2D eigenvalue weighted by molar-refractivity contribution is 7.99. The predicted molar refractivity (Wildman–Crippen MR) is 71.7 cm³/mol. The van der Waals surface area contributed by atoms with Gasteiger partial charge in [0, 0.05) is 16.3 Å². The van der Waals surface area contributed by atoms with Crippen molar-refractivity contribution in [2.24, 2.45) is 0 Å².